The monoisotopic (exact) mass is 384 g/mol. The molecule has 0 N–H and O–H groups in total. The summed E-state index contributed by atoms with van der Waals surface area (Å²) in [5.41, 5.74) is 0. The van der Waals surface area contributed by atoms with E-state index in [2.05, 4.69) is 40.8 Å². The number of rotatable bonds is 13. The standard InChI is InChI=1S/C22H44O3Si/c1-7-8-9-10-11-12-13-14-15-21(20-17-16-19(18-23)24-20)25-26(5,6)22(2,3)4/h18-21H,7-17H2,1-6H3/t19-,20-,21-/m1/s1. The molecule has 0 aromatic rings. The Hall–Kier alpha value is -0.193. The second kappa shape index (κ2) is 11.6. The van der Waals surface area contributed by atoms with Crippen molar-refractivity contribution in [3.8, 4) is 0 Å². The van der Waals surface area contributed by atoms with E-state index in [9.17, 15) is 4.79 Å². The van der Waals surface area contributed by atoms with Crippen molar-refractivity contribution in [2.75, 3.05) is 0 Å². The van der Waals surface area contributed by atoms with Crippen LogP contribution >= 0.6 is 0 Å². The normalized spacial score (nSPS) is 22.5. The second-order valence-corrected chi connectivity index (χ2v) is 14.4. The molecular weight excluding hydrogens is 340 g/mol. The maximum absolute atomic E-state index is 11.1. The van der Waals surface area contributed by atoms with Crippen molar-refractivity contribution in [3.63, 3.8) is 0 Å². The van der Waals surface area contributed by atoms with Gasteiger partial charge in [0.1, 0.15) is 12.4 Å². The summed E-state index contributed by atoms with van der Waals surface area (Å²) in [6.45, 7) is 13.8. The first-order chi connectivity index (χ1) is 12.2. The number of carbonyl (C=O) groups excluding carboxylic acids is 1. The summed E-state index contributed by atoms with van der Waals surface area (Å²) in [5.74, 6) is 0. The first kappa shape index (κ1) is 23.8. The number of aldehydes is 1. The van der Waals surface area contributed by atoms with E-state index in [1.807, 2.05) is 0 Å². The van der Waals surface area contributed by atoms with Crippen LogP contribution in [0.5, 0.6) is 0 Å². The van der Waals surface area contributed by atoms with Gasteiger partial charge in [0.05, 0.1) is 12.2 Å². The topological polar surface area (TPSA) is 35.5 Å². The van der Waals surface area contributed by atoms with Crippen LogP contribution < -0.4 is 0 Å². The lowest BCUT2D eigenvalue weighted by molar-refractivity contribution is -0.119. The molecule has 154 valence electrons. The summed E-state index contributed by atoms with van der Waals surface area (Å²) >= 11 is 0. The molecule has 0 amide bonds. The van der Waals surface area contributed by atoms with E-state index in [-0.39, 0.29) is 23.4 Å². The zero-order valence-electron chi connectivity index (χ0n) is 18.3. The molecule has 1 aliphatic heterocycles. The van der Waals surface area contributed by atoms with Crippen LogP contribution in [-0.4, -0.2) is 32.9 Å². The van der Waals surface area contributed by atoms with E-state index in [4.69, 9.17) is 9.16 Å². The van der Waals surface area contributed by atoms with E-state index < -0.39 is 8.32 Å². The van der Waals surface area contributed by atoms with Crippen molar-refractivity contribution in [3.05, 3.63) is 0 Å². The maximum Gasteiger partial charge on any atom is 0.192 e. The lowest BCUT2D eigenvalue weighted by Gasteiger charge is -2.40. The molecule has 1 aliphatic rings. The van der Waals surface area contributed by atoms with Crippen LogP contribution in [0.2, 0.25) is 18.1 Å². The molecule has 0 aliphatic carbocycles. The fourth-order valence-electron chi connectivity index (χ4n) is 3.42. The maximum atomic E-state index is 11.1. The van der Waals surface area contributed by atoms with Crippen LogP contribution in [0.3, 0.4) is 0 Å². The Balaban J connectivity index is 2.47. The smallest absolute Gasteiger partial charge is 0.192 e. The fourth-order valence-corrected chi connectivity index (χ4v) is 4.80. The molecule has 1 fully saturated rings. The summed E-state index contributed by atoms with van der Waals surface area (Å²) in [4.78, 5) is 11.1. The Morgan fingerprint density at radius 1 is 1.04 bits per heavy atom. The number of carbonyl (C=O) groups is 1. The summed E-state index contributed by atoms with van der Waals surface area (Å²) in [6.07, 6.45) is 14.5. The third-order valence-electron chi connectivity index (χ3n) is 6.25. The molecule has 0 unspecified atom stereocenters. The average molecular weight is 385 g/mol. The molecule has 26 heavy (non-hydrogen) atoms. The van der Waals surface area contributed by atoms with Gasteiger partial charge in [0, 0.05) is 0 Å². The van der Waals surface area contributed by atoms with Gasteiger partial charge in [-0.05, 0) is 37.4 Å². The van der Waals surface area contributed by atoms with Crippen LogP contribution in [0.1, 0.15) is 98.3 Å². The van der Waals surface area contributed by atoms with Gasteiger partial charge in [-0.15, -0.1) is 0 Å². The number of hydrogen-bond acceptors (Lipinski definition) is 3. The largest absolute Gasteiger partial charge is 0.411 e. The van der Waals surface area contributed by atoms with E-state index in [1.54, 1.807) is 0 Å². The van der Waals surface area contributed by atoms with Crippen molar-refractivity contribution in [2.45, 2.75) is 135 Å². The molecule has 0 radical (unpaired) electrons. The van der Waals surface area contributed by atoms with E-state index in [1.165, 1.54) is 51.4 Å². The highest BCUT2D eigenvalue weighted by Gasteiger charge is 2.42. The van der Waals surface area contributed by atoms with E-state index in [0.29, 0.717) is 0 Å². The van der Waals surface area contributed by atoms with Crippen LogP contribution in [-0.2, 0) is 14.0 Å². The quantitative estimate of drug-likeness (QED) is 0.202. The summed E-state index contributed by atoms with van der Waals surface area (Å²) in [5, 5.41) is 0.202. The zero-order valence-corrected chi connectivity index (χ0v) is 19.3. The van der Waals surface area contributed by atoms with Crippen LogP contribution in [0, 0.1) is 0 Å². The Kier molecular flexibility index (Phi) is 10.6. The van der Waals surface area contributed by atoms with Gasteiger partial charge in [0.2, 0.25) is 0 Å². The number of unbranched alkanes of at least 4 members (excludes halogenated alkanes) is 7. The highest BCUT2D eigenvalue weighted by atomic mass is 28.4. The highest BCUT2D eigenvalue weighted by Crippen LogP contribution is 2.39. The Bertz CT molecular complexity index is 389. The Labute approximate surface area is 163 Å². The first-order valence-electron chi connectivity index (χ1n) is 11.0. The molecule has 0 aromatic heterocycles. The molecule has 0 saturated carbocycles. The predicted octanol–water partition coefficient (Wildman–Crippen LogP) is 6.65. The van der Waals surface area contributed by atoms with Crippen LogP contribution in [0.4, 0.5) is 0 Å². The van der Waals surface area contributed by atoms with Crippen molar-refractivity contribution in [1.82, 2.24) is 0 Å². The lowest BCUT2D eigenvalue weighted by Crippen LogP contribution is -2.47. The molecule has 0 bridgehead atoms. The molecule has 1 saturated heterocycles. The van der Waals surface area contributed by atoms with Gasteiger partial charge >= 0.3 is 0 Å². The summed E-state index contributed by atoms with van der Waals surface area (Å²) in [6, 6.07) is 0. The van der Waals surface area contributed by atoms with E-state index in [0.717, 1.165) is 25.5 Å². The van der Waals surface area contributed by atoms with Crippen molar-refractivity contribution < 1.29 is 14.0 Å². The SMILES string of the molecule is CCCCCCCCCC[C@@H](O[Si](C)(C)C(C)(C)C)[C@H]1CC[C@H](C=O)O1. The minimum Gasteiger partial charge on any atom is -0.411 e. The van der Waals surface area contributed by atoms with Gasteiger partial charge in [-0.1, -0.05) is 79.1 Å². The zero-order chi connectivity index (χ0) is 19.6. The fraction of sp³-hybridized carbons (Fsp3) is 0.955. The molecule has 4 heteroatoms. The van der Waals surface area contributed by atoms with E-state index >= 15 is 0 Å². The van der Waals surface area contributed by atoms with Gasteiger partial charge in [0.25, 0.3) is 0 Å². The molecular formula is C22H44O3Si. The van der Waals surface area contributed by atoms with Crippen LogP contribution in [0.25, 0.3) is 0 Å². The molecule has 3 atom stereocenters. The molecule has 1 rings (SSSR count). The van der Waals surface area contributed by atoms with Gasteiger partial charge < -0.3 is 14.0 Å². The highest BCUT2D eigenvalue weighted by molar-refractivity contribution is 6.74. The number of ether oxygens (including phenoxy) is 1. The Morgan fingerprint density at radius 2 is 1.62 bits per heavy atom. The molecule has 0 spiro atoms. The van der Waals surface area contributed by atoms with Crippen molar-refractivity contribution in [1.29, 1.82) is 0 Å². The van der Waals surface area contributed by atoms with Crippen molar-refractivity contribution >= 4 is 14.6 Å². The third-order valence-corrected chi connectivity index (χ3v) is 10.8. The van der Waals surface area contributed by atoms with Gasteiger partial charge in [0.15, 0.2) is 8.32 Å². The first-order valence-corrected chi connectivity index (χ1v) is 13.9. The molecule has 3 nitrogen and oxygen atoms in total. The minimum atomic E-state index is -1.83. The molecule has 1 heterocycles. The van der Waals surface area contributed by atoms with Gasteiger partial charge in [-0.25, -0.2) is 0 Å². The van der Waals surface area contributed by atoms with Gasteiger partial charge in [-0.3, -0.25) is 0 Å². The predicted molar refractivity (Wildman–Crippen MR) is 113 cm³/mol. The lowest BCUT2D eigenvalue weighted by atomic mass is 10.0. The second-order valence-electron chi connectivity index (χ2n) is 9.61. The Morgan fingerprint density at radius 3 is 2.12 bits per heavy atom. The van der Waals surface area contributed by atoms with Gasteiger partial charge in [-0.2, -0.15) is 0 Å². The van der Waals surface area contributed by atoms with Crippen molar-refractivity contribution in [2.24, 2.45) is 0 Å². The average Bonchev–Trinajstić information content (AvgIpc) is 3.04. The molecule has 0 aromatic carbocycles. The minimum absolute atomic E-state index is 0.101. The third kappa shape index (κ3) is 8.22. The number of hydrogen-bond donors (Lipinski definition) is 0. The summed E-state index contributed by atoms with van der Waals surface area (Å²) < 4.78 is 12.7. The summed E-state index contributed by atoms with van der Waals surface area (Å²) in [7, 11) is -1.83. The van der Waals surface area contributed by atoms with Crippen LogP contribution in [0.15, 0.2) is 0 Å².